The molecule has 7 heteroatoms. The molecule has 0 bridgehead atoms. The molecule has 0 heterocycles. The lowest BCUT2D eigenvalue weighted by Crippen LogP contribution is -2.12. The van der Waals surface area contributed by atoms with Crippen LogP contribution in [0.15, 0.2) is 24.3 Å². The van der Waals surface area contributed by atoms with Gasteiger partial charge >= 0.3 is 0 Å². The molecule has 1 N–H and O–H groups in total. The maximum absolute atomic E-state index is 11.1. The lowest BCUT2D eigenvalue weighted by Gasteiger charge is -2.05. The van der Waals surface area contributed by atoms with Crippen LogP contribution >= 0.6 is 32.9 Å². The number of anilines is 1. The molecule has 0 fully saturated rings. The number of benzene rings is 1. The first-order valence-electron chi connectivity index (χ1n) is 4.79. The van der Waals surface area contributed by atoms with Gasteiger partial charge in [-0.1, -0.05) is 28.1 Å². The lowest BCUT2D eigenvalue weighted by molar-refractivity contribution is -0.113. The Labute approximate surface area is 111 Å². The fourth-order valence-corrected chi connectivity index (χ4v) is 2.09. The van der Waals surface area contributed by atoms with Crippen LogP contribution in [-0.4, -0.2) is 16.6 Å². The summed E-state index contributed by atoms with van der Waals surface area (Å²) in [5.41, 5.74) is 1.63. The molecule has 4 nitrogen and oxygen atoms in total. The van der Waals surface area contributed by atoms with E-state index >= 15 is 0 Å². The van der Waals surface area contributed by atoms with E-state index in [9.17, 15) is 13.9 Å². The summed E-state index contributed by atoms with van der Waals surface area (Å²) in [6, 6.07) is 7.15. The molecule has 0 aliphatic rings. The summed E-state index contributed by atoms with van der Waals surface area (Å²) in [6.07, 6.45) is 0.475. The second-order valence-electron chi connectivity index (χ2n) is 3.27. The Morgan fingerprint density at radius 1 is 1.24 bits per heavy atom. The van der Waals surface area contributed by atoms with Crippen molar-refractivity contribution in [3.8, 4) is 0 Å². The van der Waals surface area contributed by atoms with Gasteiger partial charge in [-0.05, 0) is 24.1 Å². The molecule has 0 radical (unpaired) electrons. The molecule has 0 unspecified atom stereocenters. The number of carbonyl (C=O) groups is 1. The summed E-state index contributed by atoms with van der Waals surface area (Å²) in [7, 11) is -0.250. The zero-order chi connectivity index (χ0) is 12.7. The SMILES string of the molecule is O=PC(Cc1ccc(NC(=O)CBr)cc1)P=O. The third-order valence-electron chi connectivity index (χ3n) is 2.02. The standard InChI is InChI=1S/C10H10BrNO3P2/c11-6-9(13)12-8-3-1-7(2-4-8)5-10(16-14)17-15/h1-4,10H,5-6H2,(H,12,13). The van der Waals surface area contributed by atoms with Crippen molar-refractivity contribution in [3.05, 3.63) is 29.8 Å². The van der Waals surface area contributed by atoms with Gasteiger partial charge in [0.1, 0.15) is 5.40 Å². The Hall–Kier alpha value is -0.630. The average molecular weight is 334 g/mol. The minimum Gasteiger partial charge on any atom is -0.325 e. The molecule has 1 amide bonds. The van der Waals surface area contributed by atoms with Gasteiger partial charge in [0.15, 0.2) is 16.9 Å². The van der Waals surface area contributed by atoms with E-state index in [1.54, 1.807) is 12.1 Å². The van der Waals surface area contributed by atoms with Crippen LogP contribution in [0.2, 0.25) is 0 Å². The number of rotatable bonds is 6. The van der Waals surface area contributed by atoms with Crippen LogP contribution in [0.25, 0.3) is 0 Å². The van der Waals surface area contributed by atoms with E-state index in [0.29, 0.717) is 12.1 Å². The predicted octanol–water partition coefficient (Wildman–Crippen LogP) is 3.47. The maximum atomic E-state index is 11.1. The second kappa shape index (κ2) is 7.65. The highest BCUT2D eigenvalue weighted by Crippen LogP contribution is 2.24. The minimum atomic E-state index is -0.405. The highest BCUT2D eigenvalue weighted by atomic mass is 79.9. The largest absolute Gasteiger partial charge is 0.325 e. The summed E-state index contributed by atoms with van der Waals surface area (Å²) in [4.78, 5) is 11.1. The number of halogens is 1. The smallest absolute Gasteiger partial charge is 0.235 e. The molecule has 1 rings (SSSR count). The number of alkyl halides is 1. The molecule has 1 aromatic rings. The Bertz CT molecular complexity index is 403. The quantitative estimate of drug-likeness (QED) is 0.640. The van der Waals surface area contributed by atoms with Gasteiger partial charge in [-0.2, -0.15) is 0 Å². The lowest BCUT2D eigenvalue weighted by atomic mass is 10.1. The molecular weight excluding hydrogens is 324 g/mol. The predicted molar refractivity (Wildman–Crippen MR) is 71.6 cm³/mol. The molecule has 0 saturated heterocycles. The van der Waals surface area contributed by atoms with E-state index in [1.807, 2.05) is 12.1 Å². The Kier molecular flexibility index (Phi) is 6.49. The maximum Gasteiger partial charge on any atom is 0.235 e. The highest BCUT2D eigenvalue weighted by molar-refractivity contribution is 9.09. The molecule has 0 aromatic heterocycles. The van der Waals surface area contributed by atoms with Crippen LogP contribution in [0.1, 0.15) is 5.56 Å². The zero-order valence-corrected chi connectivity index (χ0v) is 12.2. The molecule has 0 atom stereocenters. The Morgan fingerprint density at radius 2 is 1.82 bits per heavy atom. The van der Waals surface area contributed by atoms with Crippen molar-refractivity contribution in [2.24, 2.45) is 0 Å². The summed E-state index contributed by atoms with van der Waals surface area (Å²) in [6.45, 7) is 0. The van der Waals surface area contributed by atoms with Crippen LogP contribution in [0.4, 0.5) is 5.69 Å². The van der Waals surface area contributed by atoms with Gasteiger partial charge in [0, 0.05) is 5.69 Å². The van der Waals surface area contributed by atoms with Gasteiger partial charge < -0.3 is 5.32 Å². The minimum absolute atomic E-state index is 0.119. The van der Waals surface area contributed by atoms with E-state index in [1.165, 1.54) is 0 Å². The number of nitrogens with one attached hydrogen (secondary N) is 1. The number of amides is 1. The molecular formula is C10H10BrNO3P2. The van der Waals surface area contributed by atoms with Crippen LogP contribution in [0.3, 0.4) is 0 Å². The first-order valence-corrected chi connectivity index (χ1v) is 7.67. The summed E-state index contributed by atoms with van der Waals surface area (Å²) in [5, 5.41) is 2.53. The second-order valence-corrected chi connectivity index (χ2v) is 5.91. The van der Waals surface area contributed by atoms with Crippen molar-refractivity contribution in [3.63, 3.8) is 0 Å². The van der Waals surface area contributed by atoms with Crippen molar-refractivity contribution >= 4 is 44.4 Å². The molecule has 90 valence electrons. The molecule has 1 aromatic carbocycles. The summed E-state index contributed by atoms with van der Waals surface area (Å²) in [5.74, 6) is -0.119. The van der Waals surface area contributed by atoms with Crippen LogP contribution in [0.5, 0.6) is 0 Å². The number of hydrogen-bond donors (Lipinski definition) is 1. The Balaban J connectivity index is 2.64. The van der Waals surface area contributed by atoms with Gasteiger partial charge in [0.05, 0.1) is 5.33 Å². The van der Waals surface area contributed by atoms with Crippen LogP contribution in [0, 0.1) is 0 Å². The third kappa shape index (κ3) is 5.03. The fraction of sp³-hybridized carbons (Fsp3) is 0.300. The van der Waals surface area contributed by atoms with Crippen molar-refractivity contribution < 1.29 is 13.9 Å². The average Bonchev–Trinajstić information content (AvgIpc) is 2.37. The first-order chi connectivity index (χ1) is 8.19. The molecule has 0 aliphatic carbocycles. The van der Waals surface area contributed by atoms with E-state index < -0.39 is 5.40 Å². The number of hydrogen-bond acceptors (Lipinski definition) is 3. The molecule has 0 spiro atoms. The van der Waals surface area contributed by atoms with Gasteiger partial charge in [-0.25, -0.2) is 0 Å². The van der Waals surface area contributed by atoms with Crippen LogP contribution in [-0.2, 0) is 20.3 Å². The van der Waals surface area contributed by atoms with Crippen molar-refractivity contribution in [2.75, 3.05) is 10.6 Å². The molecule has 0 aliphatic heterocycles. The van der Waals surface area contributed by atoms with Gasteiger partial charge in [-0.15, -0.1) is 0 Å². The monoisotopic (exact) mass is 333 g/mol. The molecule has 0 saturated carbocycles. The van der Waals surface area contributed by atoms with Crippen LogP contribution < -0.4 is 5.32 Å². The highest BCUT2D eigenvalue weighted by Gasteiger charge is 2.09. The molecule has 17 heavy (non-hydrogen) atoms. The first kappa shape index (κ1) is 14.4. The van der Waals surface area contributed by atoms with Gasteiger partial charge in [0.2, 0.25) is 5.91 Å². The fourth-order valence-electron chi connectivity index (χ4n) is 1.22. The normalized spacial score (nSPS) is 12.5. The summed E-state index contributed by atoms with van der Waals surface area (Å²) >= 11 is 3.05. The third-order valence-corrected chi connectivity index (χ3v) is 3.95. The number of carbonyl (C=O) groups excluding carboxylic acids is 1. The topological polar surface area (TPSA) is 63.2 Å². The van der Waals surface area contributed by atoms with Gasteiger partial charge in [0.25, 0.3) is 0 Å². The van der Waals surface area contributed by atoms with Crippen molar-refractivity contribution in [1.82, 2.24) is 0 Å². The van der Waals surface area contributed by atoms with Gasteiger partial charge in [-0.3, -0.25) is 13.9 Å². The zero-order valence-electron chi connectivity index (χ0n) is 8.80. The summed E-state index contributed by atoms with van der Waals surface area (Å²) < 4.78 is 21.2. The van der Waals surface area contributed by atoms with Crippen molar-refractivity contribution in [2.45, 2.75) is 11.8 Å². The van der Waals surface area contributed by atoms with E-state index in [4.69, 9.17) is 0 Å². The van der Waals surface area contributed by atoms with E-state index in [0.717, 1.165) is 5.56 Å². The van der Waals surface area contributed by atoms with Crippen molar-refractivity contribution in [1.29, 1.82) is 0 Å². The van der Waals surface area contributed by atoms with E-state index in [2.05, 4.69) is 21.2 Å². The van der Waals surface area contributed by atoms with E-state index in [-0.39, 0.29) is 28.2 Å². The Morgan fingerprint density at radius 3 is 2.29 bits per heavy atom.